The summed E-state index contributed by atoms with van der Waals surface area (Å²) >= 11 is 0. The standard InChI is InChI=1S/C63H81N9O12S4/c1-4-15-54(78)66-48(33-40-16-6-5-7-17-40)60(81)69-50-36-86-87-37-51(62(83)71-56(38(2)73)52(76)21-14-31-85-88-55-22-11-13-30-65-55)70-63(84)57(39(3)74)72-59(80)47(20-10-12-29-64)67-61(82)49(34-43-26-25-42-18-8-9-19-46(42)43)68-58(79)44(35-53(50)77)32-41-23-27-45(75)28-24-41/h5-9,11,13,16-19,22-24,26-28,30,38-39,44,47-51,56-57,73-75H,4,10,12,14-15,20-21,25,29,31-37,64H2,1-3H3,(H,66,78)(H,67,82)(H,68,79)(H,69,81)(H,70,84)(H,71,83)(H,72,80)/t38-,39-,44-,47+,48-,49-,50+,51+,56+,57+/m1/s1. The van der Waals surface area contributed by atoms with Crippen molar-refractivity contribution < 1.29 is 58.5 Å². The number of carbonyl (C=O) groups is 9. The van der Waals surface area contributed by atoms with Crippen LogP contribution in [0.25, 0.3) is 5.57 Å². The van der Waals surface area contributed by atoms with Gasteiger partial charge in [-0.2, -0.15) is 0 Å². The molecule has 4 aromatic rings. The number of amides is 7. The van der Waals surface area contributed by atoms with Crippen LogP contribution < -0.4 is 43.0 Å². The number of ketones is 2. The van der Waals surface area contributed by atoms with Gasteiger partial charge in [0.25, 0.3) is 0 Å². The van der Waals surface area contributed by atoms with Gasteiger partial charge in [-0.1, -0.05) is 118 Å². The number of fused-ring (bicyclic) bond motifs is 1. The molecule has 7 amide bonds. The minimum Gasteiger partial charge on any atom is -0.508 e. The van der Waals surface area contributed by atoms with Crippen molar-refractivity contribution >= 4 is 102 Å². The molecule has 1 fully saturated rings. The minimum absolute atomic E-state index is 0.00408. The summed E-state index contributed by atoms with van der Waals surface area (Å²) in [6, 6.07) is 18.2. The number of pyridine rings is 1. The normalized spacial score (nSPS) is 21.1. The molecule has 0 bridgehead atoms. The number of phenolic OH excluding ortho intramolecular Hbond substituents is 1. The number of rotatable bonds is 26. The SMILES string of the molecule is CCCC(=O)N[C@H](Cc1ccccc1)C(=O)N[C@H]1CSSC[C@@H](C(=O)N[C@H](C(=O)CCCSSc2ccccn2)[C@@H](C)O)NC(=O)[C@H]([C@@H](C)O)NC(=O)[C@H](CCCCN)NC(=O)[C@@H](CC2=CCc3ccccc32)NC(=O)[C@H](Cc2ccc(O)cc2)CC1=O. The summed E-state index contributed by atoms with van der Waals surface area (Å²) in [6.07, 6.45) is 2.35. The van der Waals surface area contributed by atoms with Crippen molar-refractivity contribution in [2.45, 2.75) is 157 Å². The van der Waals surface area contributed by atoms with Crippen LogP contribution in [0.15, 0.2) is 114 Å². The maximum Gasteiger partial charge on any atom is 0.245 e. The highest BCUT2D eigenvalue weighted by atomic mass is 33.1. The van der Waals surface area contributed by atoms with Gasteiger partial charge in [0.15, 0.2) is 11.6 Å². The zero-order valence-electron chi connectivity index (χ0n) is 49.7. The molecular weight excluding hydrogens is 1200 g/mol. The van der Waals surface area contributed by atoms with Crippen molar-refractivity contribution in [1.29, 1.82) is 0 Å². The molecule has 88 heavy (non-hydrogen) atoms. The number of allylic oxidation sites excluding steroid dienone is 1. The van der Waals surface area contributed by atoms with Crippen molar-refractivity contribution in [3.05, 3.63) is 132 Å². The van der Waals surface area contributed by atoms with Crippen LogP contribution in [0, 0.1) is 5.92 Å². The second-order valence-electron chi connectivity index (χ2n) is 21.8. The first kappa shape index (κ1) is 70.3. The third-order valence-corrected chi connectivity index (χ3v) is 19.5. The summed E-state index contributed by atoms with van der Waals surface area (Å²) in [5, 5.41) is 52.3. The van der Waals surface area contributed by atoms with Gasteiger partial charge < -0.3 is 58.3 Å². The number of nitrogens with zero attached hydrogens (tertiary/aromatic N) is 1. The van der Waals surface area contributed by atoms with Crippen LogP contribution in [-0.2, 0) is 62.4 Å². The van der Waals surface area contributed by atoms with Gasteiger partial charge in [-0.05, 0) is 128 Å². The lowest BCUT2D eigenvalue weighted by atomic mass is 9.90. The van der Waals surface area contributed by atoms with Crippen LogP contribution in [0.4, 0.5) is 0 Å². The Kier molecular flexibility index (Phi) is 29.3. The molecule has 12 N–H and O–H groups in total. The van der Waals surface area contributed by atoms with Gasteiger partial charge in [-0.25, -0.2) is 4.98 Å². The van der Waals surface area contributed by atoms with E-state index in [1.165, 1.54) is 47.6 Å². The highest BCUT2D eigenvalue weighted by molar-refractivity contribution is 8.77. The molecule has 1 aliphatic heterocycles. The van der Waals surface area contributed by atoms with Crippen LogP contribution in [-0.4, -0.2) is 152 Å². The van der Waals surface area contributed by atoms with Crippen molar-refractivity contribution in [2.24, 2.45) is 11.7 Å². The molecule has 1 saturated heterocycles. The maximum atomic E-state index is 15.1. The number of aromatic nitrogens is 1. The number of aromatic hydroxyl groups is 1. The lowest BCUT2D eigenvalue weighted by Crippen LogP contribution is -2.62. The average Bonchev–Trinajstić information content (AvgIpc) is 3.34. The zero-order chi connectivity index (χ0) is 63.5. The van der Waals surface area contributed by atoms with E-state index in [4.69, 9.17) is 5.73 Å². The number of aliphatic hydroxyl groups is 2. The Morgan fingerprint density at radius 3 is 2.16 bits per heavy atom. The molecule has 0 spiro atoms. The van der Waals surface area contributed by atoms with E-state index in [1.54, 1.807) is 54.7 Å². The molecule has 3 aromatic carbocycles. The van der Waals surface area contributed by atoms with E-state index in [0.29, 0.717) is 49.0 Å². The van der Waals surface area contributed by atoms with Gasteiger partial charge in [0.1, 0.15) is 47.0 Å². The highest BCUT2D eigenvalue weighted by Crippen LogP contribution is 2.32. The van der Waals surface area contributed by atoms with Gasteiger partial charge in [-0.15, -0.1) is 0 Å². The number of aliphatic hydroxyl groups excluding tert-OH is 2. The first-order valence-electron chi connectivity index (χ1n) is 29.6. The van der Waals surface area contributed by atoms with Gasteiger partial charge in [-0.3, -0.25) is 43.2 Å². The average molecular weight is 1280 g/mol. The highest BCUT2D eigenvalue weighted by Gasteiger charge is 2.38. The fraction of sp³-hybridized carbons (Fsp3) is 0.460. The van der Waals surface area contributed by atoms with Crippen molar-refractivity contribution in [1.82, 2.24) is 42.2 Å². The second kappa shape index (κ2) is 36.7. The Morgan fingerprint density at radius 2 is 1.45 bits per heavy atom. The Hall–Kier alpha value is -6.74. The van der Waals surface area contributed by atoms with E-state index in [2.05, 4.69) is 42.2 Å². The number of nitrogens with one attached hydrogen (secondary N) is 7. The third kappa shape index (κ3) is 22.7. The first-order valence-corrected chi connectivity index (χ1v) is 34.4. The molecule has 474 valence electrons. The summed E-state index contributed by atoms with van der Waals surface area (Å²) in [5.74, 6) is -7.73. The third-order valence-electron chi connectivity index (χ3n) is 14.7. The summed E-state index contributed by atoms with van der Waals surface area (Å²) in [4.78, 5) is 134. The summed E-state index contributed by atoms with van der Waals surface area (Å²) in [6.45, 7) is 4.65. The fourth-order valence-electron chi connectivity index (χ4n) is 9.92. The number of unbranched alkanes of at least 4 members (excludes halogenated alkanes) is 1. The van der Waals surface area contributed by atoms with E-state index < -0.39 is 120 Å². The van der Waals surface area contributed by atoms with Crippen molar-refractivity contribution in [3.8, 4) is 5.75 Å². The molecule has 0 radical (unpaired) electrons. The summed E-state index contributed by atoms with van der Waals surface area (Å²) in [5.41, 5.74) is 9.69. The lowest BCUT2D eigenvalue weighted by Gasteiger charge is -2.29. The van der Waals surface area contributed by atoms with E-state index >= 15 is 9.59 Å². The van der Waals surface area contributed by atoms with Crippen molar-refractivity contribution in [2.75, 3.05) is 23.8 Å². The number of phenols is 1. The zero-order valence-corrected chi connectivity index (χ0v) is 52.9. The van der Waals surface area contributed by atoms with Gasteiger partial charge in [0.2, 0.25) is 41.4 Å². The van der Waals surface area contributed by atoms with Crippen LogP contribution in [0.3, 0.4) is 0 Å². The van der Waals surface area contributed by atoms with Gasteiger partial charge in [0.05, 0.1) is 18.2 Å². The topological polar surface area (TPSA) is 337 Å². The Morgan fingerprint density at radius 1 is 0.750 bits per heavy atom. The van der Waals surface area contributed by atoms with Crippen LogP contribution in [0.1, 0.15) is 101 Å². The second-order valence-corrected chi connectivity index (χ2v) is 26.8. The molecular formula is C63H81N9O12S4. The van der Waals surface area contributed by atoms with E-state index in [-0.39, 0.29) is 62.3 Å². The number of Topliss-reactive ketones (excluding diaryl/α,β-unsaturated/α-hetero) is 2. The van der Waals surface area contributed by atoms with Crippen LogP contribution >= 0.6 is 43.2 Å². The summed E-state index contributed by atoms with van der Waals surface area (Å²) in [7, 11) is 4.94. The van der Waals surface area contributed by atoms with E-state index in [9.17, 15) is 48.9 Å². The Bertz CT molecular complexity index is 3020. The number of benzene rings is 3. The number of carbonyl (C=O) groups excluding carboxylic acids is 9. The first-order chi connectivity index (χ1) is 42.3. The van der Waals surface area contributed by atoms with E-state index in [0.717, 1.165) is 43.3 Å². The van der Waals surface area contributed by atoms with Gasteiger partial charge in [0, 0.05) is 61.5 Å². The maximum absolute atomic E-state index is 15.1. The molecule has 25 heteroatoms. The van der Waals surface area contributed by atoms with Crippen molar-refractivity contribution in [3.63, 3.8) is 0 Å². The minimum atomic E-state index is -1.73. The molecule has 0 saturated carbocycles. The largest absolute Gasteiger partial charge is 0.508 e. The number of nitrogens with two attached hydrogens (primary N) is 1. The predicted molar refractivity (Wildman–Crippen MR) is 344 cm³/mol. The van der Waals surface area contributed by atoms with Crippen LogP contribution in [0.5, 0.6) is 5.75 Å². The lowest BCUT2D eigenvalue weighted by molar-refractivity contribution is -0.137. The molecule has 2 aliphatic rings. The Labute approximate surface area is 529 Å². The fourth-order valence-corrected chi connectivity index (χ4v) is 14.2. The predicted octanol–water partition coefficient (Wildman–Crippen LogP) is 4.45. The molecule has 0 unspecified atom stereocenters. The smallest absolute Gasteiger partial charge is 0.245 e. The monoisotopic (exact) mass is 1280 g/mol. The molecule has 21 nitrogen and oxygen atoms in total. The molecule has 6 rings (SSSR count). The molecule has 2 heterocycles. The van der Waals surface area contributed by atoms with Crippen LogP contribution in [0.2, 0.25) is 0 Å². The van der Waals surface area contributed by atoms with E-state index in [1.807, 2.05) is 49.4 Å². The molecule has 1 aliphatic carbocycles. The number of hydrogen-bond acceptors (Lipinski definition) is 18. The summed E-state index contributed by atoms with van der Waals surface area (Å²) < 4.78 is 0. The van der Waals surface area contributed by atoms with Gasteiger partial charge >= 0.3 is 0 Å². The molecule has 1 aromatic heterocycles. The molecule has 10 atom stereocenters. The quantitative estimate of drug-likeness (QED) is 0.0306. The number of hydrogen-bond donors (Lipinski definition) is 11. The Balaban J connectivity index is 1.38.